The molecule has 9 nitrogen and oxygen atoms in total. The molecule has 1 aromatic carbocycles. The third-order valence-corrected chi connectivity index (χ3v) is 6.29. The van der Waals surface area contributed by atoms with Crippen LogP contribution in [-0.4, -0.2) is 40.2 Å². The van der Waals surface area contributed by atoms with Crippen molar-refractivity contribution >= 4 is 28.2 Å². The number of Topliss-reactive ketones (excluding diaryl/α,β-unsaturated/α-hetero) is 1. The van der Waals surface area contributed by atoms with E-state index in [1.165, 1.54) is 28.6 Å². The highest BCUT2D eigenvalue weighted by molar-refractivity contribution is 7.15. The molecule has 1 N–H and O–H groups in total. The molecule has 0 fully saturated rings. The number of ketones is 1. The van der Waals surface area contributed by atoms with Gasteiger partial charge in [0.25, 0.3) is 5.91 Å². The Balaban J connectivity index is 1.79. The number of carbonyl (C=O) groups is 2. The maximum absolute atomic E-state index is 13.3. The zero-order valence-electron chi connectivity index (χ0n) is 20.0. The molecular weight excluding hydrogens is 470 g/mol. The number of amides is 1. The van der Waals surface area contributed by atoms with E-state index >= 15 is 0 Å². The molecule has 0 radical (unpaired) electrons. The summed E-state index contributed by atoms with van der Waals surface area (Å²) in [5.41, 5.74) is 0.443. The molecule has 0 bridgehead atoms. The standard InChI is InChI=1S/C25H27N3O6S/c1-5-32-19-13-16(8-9-17(19)34-12-10-14(2)3)21-20(22(29)18-7-6-11-33-18)23(30)24(31)28(21)25-27-26-15(4)35-25/h6-9,11,13-14,21,30H,5,10,12H2,1-4H3. The van der Waals surface area contributed by atoms with Gasteiger partial charge in [-0.05, 0) is 56.0 Å². The lowest BCUT2D eigenvalue weighted by atomic mass is 9.95. The van der Waals surface area contributed by atoms with Crippen molar-refractivity contribution in [3.05, 3.63) is 64.3 Å². The lowest BCUT2D eigenvalue weighted by Gasteiger charge is -2.25. The molecule has 4 rings (SSSR count). The highest BCUT2D eigenvalue weighted by Gasteiger charge is 2.46. The minimum absolute atomic E-state index is 0.0123. The number of aliphatic hydroxyl groups excluding tert-OH is 1. The largest absolute Gasteiger partial charge is 0.503 e. The molecule has 0 aliphatic carbocycles. The van der Waals surface area contributed by atoms with Crippen LogP contribution in [0.4, 0.5) is 5.13 Å². The fraction of sp³-hybridized carbons (Fsp3) is 0.360. The number of anilines is 1. The van der Waals surface area contributed by atoms with Gasteiger partial charge in [0.05, 0.1) is 31.1 Å². The highest BCUT2D eigenvalue weighted by atomic mass is 32.1. The predicted octanol–water partition coefficient (Wildman–Crippen LogP) is 5.05. The van der Waals surface area contributed by atoms with Crippen LogP contribution in [0.15, 0.2) is 52.3 Å². The fourth-order valence-corrected chi connectivity index (χ4v) is 4.47. The van der Waals surface area contributed by atoms with Gasteiger partial charge in [0.15, 0.2) is 23.0 Å². The van der Waals surface area contributed by atoms with E-state index in [-0.39, 0.29) is 16.5 Å². The molecule has 10 heteroatoms. The smallest absolute Gasteiger partial charge is 0.296 e. The summed E-state index contributed by atoms with van der Waals surface area (Å²) in [6.45, 7) is 8.78. The van der Waals surface area contributed by atoms with E-state index in [9.17, 15) is 14.7 Å². The molecule has 1 atom stereocenters. The summed E-state index contributed by atoms with van der Waals surface area (Å²) in [7, 11) is 0. The average molecular weight is 498 g/mol. The van der Waals surface area contributed by atoms with Crippen molar-refractivity contribution in [3.8, 4) is 11.5 Å². The van der Waals surface area contributed by atoms with Gasteiger partial charge in [-0.15, -0.1) is 10.2 Å². The molecule has 184 valence electrons. The van der Waals surface area contributed by atoms with Gasteiger partial charge in [-0.3, -0.25) is 14.5 Å². The van der Waals surface area contributed by atoms with Crippen molar-refractivity contribution in [3.63, 3.8) is 0 Å². The molecule has 1 unspecified atom stereocenters. The SMILES string of the molecule is CCOc1cc(C2C(C(=O)c3ccco3)=C(O)C(=O)N2c2nnc(C)s2)ccc1OCCC(C)C. The van der Waals surface area contributed by atoms with Crippen LogP contribution in [0, 0.1) is 12.8 Å². The summed E-state index contributed by atoms with van der Waals surface area (Å²) in [5.74, 6) is -0.447. The van der Waals surface area contributed by atoms with Crippen LogP contribution in [0.5, 0.6) is 11.5 Å². The first-order valence-corrected chi connectivity index (χ1v) is 12.2. The summed E-state index contributed by atoms with van der Waals surface area (Å²) < 4.78 is 17.0. The lowest BCUT2D eigenvalue weighted by Crippen LogP contribution is -2.31. The second kappa shape index (κ2) is 10.3. The van der Waals surface area contributed by atoms with Crippen LogP contribution in [0.3, 0.4) is 0 Å². The second-order valence-electron chi connectivity index (χ2n) is 8.42. The van der Waals surface area contributed by atoms with Crippen molar-refractivity contribution in [1.29, 1.82) is 0 Å². The first kappa shape index (κ1) is 24.5. The molecule has 3 aromatic rings. The number of benzene rings is 1. The summed E-state index contributed by atoms with van der Waals surface area (Å²) in [6, 6.07) is 7.31. The Hall–Kier alpha value is -3.66. The molecule has 35 heavy (non-hydrogen) atoms. The van der Waals surface area contributed by atoms with Crippen molar-refractivity contribution in [2.24, 2.45) is 5.92 Å². The third kappa shape index (κ3) is 4.93. The Kier molecular flexibility index (Phi) is 7.20. The molecule has 1 amide bonds. The van der Waals surface area contributed by atoms with Crippen LogP contribution >= 0.6 is 11.3 Å². The molecule has 0 saturated carbocycles. The predicted molar refractivity (Wildman–Crippen MR) is 130 cm³/mol. The molecular formula is C25H27N3O6S. The van der Waals surface area contributed by atoms with Crippen molar-refractivity contribution < 1.29 is 28.6 Å². The van der Waals surface area contributed by atoms with Crippen molar-refractivity contribution in [1.82, 2.24) is 10.2 Å². The first-order valence-electron chi connectivity index (χ1n) is 11.4. The Morgan fingerprint density at radius 2 is 2.03 bits per heavy atom. The van der Waals surface area contributed by atoms with Crippen LogP contribution in [0.25, 0.3) is 0 Å². The summed E-state index contributed by atoms with van der Waals surface area (Å²) >= 11 is 1.19. The van der Waals surface area contributed by atoms with E-state index in [1.54, 1.807) is 31.2 Å². The van der Waals surface area contributed by atoms with Gasteiger partial charge in [-0.1, -0.05) is 31.3 Å². The number of hydrogen-bond donors (Lipinski definition) is 1. The molecule has 3 heterocycles. The van der Waals surface area contributed by atoms with E-state index < -0.39 is 23.5 Å². The topological polar surface area (TPSA) is 115 Å². The van der Waals surface area contributed by atoms with Gasteiger partial charge in [0.1, 0.15) is 5.01 Å². The Labute approximate surface area is 207 Å². The Bertz CT molecular complexity index is 1250. The summed E-state index contributed by atoms with van der Waals surface area (Å²) in [6.07, 6.45) is 2.24. The quantitative estimate of drug-likeness (QED) is 0.387. The lowest BCUT2D eigenvalue weighted by molar-refractivity contribution is -0.117. The van der Waals surface area contributed by atoms with Crippen molar-refractivity contribution in [2.45, 2.75) is 40.2 Å². The maximum atomic E-state index is 13.3. The van der Waals surface area contributed by atoms with Gasteiger partial charge in [0.2, 0.25) is 10.9 Å². The zero-order valence-corrected chi connectivity index (χ0v) is 20.8. The number of nitrogens with zero attached hydrogens (tertiary/aromatic N) is 3. The maximum Gasteiger partial charge on any atom is 0.296 e. The van der Waals surface area contributed by atoms with Gasteiger partial charge in [-0.25, -0.2) is 0 Å². The normalized spacial score (nSPS) is 15.9. The number of aliphatic hydroxyl groups is 1. The van der Waals surface area contributed by atoms with Crippen molar-refractivity contribution in [2.75, 3.05) is 18.1 Å². The molecule has 1 aliphatic rings. The van der Waals surface area contributed by atoms with Crippen LogP contribution in [0.2, 0.25) is 0 Å². The third-order valence-electron chi connectivity index (χ3n) is 5.46. The minimum atomic E-state index is -0.962. The monoisotopic (exact) mass is 497 g/mol. The number of carbonyl (C=O) groups excluding carboxylic acids is 2. The minimum Gasteiger partial charge on any atom is -0.503 e. The number of rotatable bonds is 10. The average Bonchev–Trinajstić information content (AvgIpc) is 3.55. The second-order valence-corrected chi connectivity index (χ2v) is 9.58. The summed E-state index contributed by atoms with van der Waals surface area (Å²) in [5, 5.41) is 19.8. The summed E-state index contributed by atoms with van der Waals surface area (Å²) in [4.78, 5) is 27.8. The molecule has 2 aromatic heterocycles. The van der Waals surface area contributed by atoms with Gasteiger partial charge >= 0.3 is 0 Å². The van der Waals surface area contributed by atoms with E-state index in [1.807, 2.05) is 6.92 Å². The molecule has 0 spiro atoms. The van der Waals surface area contributed by atoms with E-state index in [0.717, 1.165) is 6.42 Å². The van der Waals surface area contributed by atoms with E-state index in [2.05, 4.69) is 24.0 Å². The van der Waals surface area contributed by atoms with E-state index in [4.69, 9.17) is 13.9 Å². The fourth-order valence-electron chi connectivity index (χ4n) is 3.76. The van der Waals surface area contributed by atoms with Gasteiger partial charge in [0, 0.05) is 0 Å². The van der Waals surface area contributed by atoms with Crippen LogP contribution < -0.4 is 14.4 Å². The number of ether oxygens (including phenoxy) is 2. The molecule has 1 aliphatic heterocycles. The first-order chi connectivity index (χ1) is 16.8. The Morgan fingerprint density at radius 3 is 2.66 bits per heavy atom. The van der Waals surface area contributed by atoms with Gasteiger partial charge in [-0.2, -0.15) is 0 Å². The van der Waals surface area contributed by atoms with Gasteiger partial charge < -0.3 is 19.0 Å². The molecule has 0 saturated heterocycles. The Morgan fingerprint density at radius 1 is 1.23 bits per heavy atom. The number of furan rings is 1. The number of aryl methyl sites for hydroxylation is 1. The van der Waals surface area contributed by atoms with E-state index in [0.29, 0.717) is 41.2 Å². The zero-order chi connectivity index (χ0) is 25.1. The highest BCUT2D eigenvalue weighted by Crippen LogP contribution is 2.44. The van der Waals surface area contributed by atoms with Crippen LogP contribution in [0.1, 0.15) is 54.4 Å². The number of aromatic nitrogens is 2. The number of hydrogen-bond acceptors (Lipinski definition) is 9. The van der Waals surface area contributed by atoms with Crippen LogP contribution in [-0.2, 0) is 4.79 Å².